The Morgan fingerprint density at radius 2 is 1.36 bits per heavy atom. The molecule has 0 aliphatic carbocycles. The molecule has 0 bridgehead atoms. The van der Waals surface area contributed by atoms with Crippen LogP contribution in [-0.2, 0) is 0 Å². The van der Waals surface area contributed by atoms with Crippen LogP contribution in [0.1, 0.15) is 20.8 Å². The summed E-state index contributed by atoms with van der Waals surface area (Å²) in [6.45, 7) is 3.13. The van der Waals surface area contributed by atoms with E-state index < -0.39 is 16.5 Å². The first-order chi connectivity index (χ1) is 4.50. The number of halogens is 3. The minimum atomic E-state index is -4.64. The molecular weight excluding hydrogens is 177 g/mol. The summed E-state index contributed by atoms with van der Waals surface area (Å²) in [5.41, 5.74) is -2.76. The highest BCUT2D eigenvalue weighted by Gasteiger charge is 2.57. The molecule has 0 amide bonds. The lowest BCUT2D eigenvalue weighted by molar-refractivity contribution is -0.261. The monoisotopic (exact) mass is 188 g/mol. The second-order valence-corrected chi connectivity index (χ2v) is 4.25. The molecule has 1 N–H and O–H groups in total. The molecule has 68 valence electrons. The van der Waals surface area contributed by atoms with Gasteiger partial charge in [-0.2, -0.15) is 25.8 Å². The SMILES string of the molecule is CC(C)(S)C(C)(O)C(F)(F)F. The molecule has 0 saturated carbocycles. The number of rotatable bonds is 1. The minimum Gasteiger partial charge on any atom is -0.380 e. The van der Waals surface area contributed by atoms with Crippen molar-refractivity contribution in [2.45, 2.75) is 37.3 Å². The third-order valence-corrected chi connectivity index (χ3v) is 2.18. The molecule has 0 radical (unpaired) electrons. The van der Waals surface area contributed by atoms with Gasteiger partial charge >= 0.3 is 6.18 Å². The van der Waals surface area contributed by atoms with Gasteiger partial charge in [-0.25, -0.2) is 0 Å². The first-order valence-electron chi connectivity index (χ1n) is 3.01. The average molecular weight is 188 g/mol. The topological polar surface area (TPSA) is 20.2 Å². The van der Waals surface area contributed by atoms with Crippen molar-refractivity contribution in [1.82, 2.24) is 0 Å². The fourth-order valence-electron chi connectivity index (χ4n) is 0.347. The van der Waals surface area contributed by atoms with E-state index in [1.165, 1.54) is 13.8 Å². The van der Waals surface area contributed by atoms with Crippen LogP contribution in [0.4, 0.5) is 13.2 Å². The highest BCUT2D eigenvalue weighted by atomic mass is 32.1. The second kappa shape index (κ2) is 2.55. The molecule has 0 spiro atoms. The highest BCUT2D eigenvalue weighted by molar-refractivity contribution is 7.81. The molecular formula is C6H11F3OS. The van der Waals surface area contributed by atoms with Gasteiger partial charge in [-0.05, 0) is 20.8 Å². The summed E-state index contributed by atoms with van der Waals surface area (Å²) < 4.78 is 34.6. The van der Waals surface area contributed by atoms with Crippen molar-refractivity contribution in [2.75, 3.05) is 0 Å². The van der Waals surface area contributed by atoms with E-state index in [4.69, 9.17) is 5.11 Å². The van der Waals surface area contributed by atoms with E-state index in [2.05, 4.69) is 12.6 Å². The van der Waals surface area contributed by atoms with Gasteiger partial charge in [0.2, 0.25) is 0 Å². The zero-order valence-electron chi connectivity index (χ0n) is 6.53. The van der Waals surface area contributed by atoms with Crippen molar-refractivity contribution in [2.24, 2.45) is 0 Å². The molecule has 0 saturated heterocycles. The smallest absolute Gasteiger partial charge is 0.380 e. The van der Waals surface area contributed by atoms with E-state index >= 15 is 0 Å². The lowest BCUT2D eigenvalue weighted by Crippen LogP contribution is -2.55. The van der Waals surface area contributed by atoms with Crippen LogP contribution in [0.15, 0.2) is 0 Å². The molecule has 1 nitrogen and oxygen atoms in total. The Labute approximate surface area is 69.0 Å². The van der Waals surface area contributed by atoms with Crippen LogP contribution in [0.5, 0.6) is 0 Å². The van der Waals surface area contributed by atoms with Crippen LogP contribution in [0.25, 0.3) is 0 Å². The standard InChI is InChI=1S/C6H11F3OS/c1-4(2,11)5(3,10)6(7,8)9/h10-11H,1-3H3. The minimum absolute atomic E-state index is 0.708. The number of alkyl halides is 3. The van der Waals surface area contributed by atoms with Gasteiger partial charge in [0.05, 0.1) is 0 Å². The molecule has 0 aliphatic heterocycles. The van der Waals surface area contributed by atoms with Crippen LogP contribution in [0.3, 0.4) is 0 Å². The zero-order chi connectivity index (χ0) is 9.50. The summed E-state index contributed by atoms with van der Waals surface area (Å²) >= 11 is 3.66. The van der Waals surface area contributed by atoms with Gasteiger partial charge in [0.1, 0.15) is 0 Å². The number of hydrogen-bond acceptors (Lipinski definition) is 2. The van der Waals surface area contributed by atoms with Crippen molar-refractivity contribution in [3.63, 3.8) is 0 Å². The molecule has 1 unspecified atom stereocenters. The van der Waals surface area contributed by atoms with Crippen LogP contribution < -0.4 is 0 Å². The Balaban J connectivity index is 4.75. The molecule has 0 aromatic carbocycles. The van der Waals surface area contributed by atoms with E-state index in [1.54, 1.807) is 0 Å². The maximum absolute atomic E-state index is 12.0. The lowest BCUT2D eigenvalue weighted by atomic mass is 9.91. The first-order valence-corrected chi connectivity index (χ1v) is 3.46. The van der Waals surface area contributed by atoms with Gasteiger partial charge in [-0.1, -0.05) is 0 Å². The van der Waals surface area contributed by atoms with Crippen LogP contribution in [0.2, 0.25) is 0 Å². The Morgan fingerprint density at radius 3 is 1.36 bits per heavy atom. The molecule has 0 aromatic heterocycles. The van der Waals surface area contributed by atoms with Crippen molar-refractivity contribution in [3.05, 3.63) is 0 Å². The zero-order valence-corrected chi connectivity index (χ0v) is 7.42. The second-order valence-electron chi connectivity index (χ2n) is 3.13. The van der Waals surface area contributed by atoms with Crippen molar-refractivity contribution in [3.8, 4) is 0 Å². The maximum Gasteiger partial charge on any atom is 0.418 e. The molecule has 0 fully saturated rings. The van der Waals surface area contributed by atoms with E-state index in [-0.39, 0.29) is 0 Å². The summed E-state index contributed by atoms with van der Waals surface area (Å²) in [6, 6.07) is 0. The number of thiol groups is 1. The summed E-state index contributed by atoms with van der Waals surface area (Å²) in [7, 11) is 0. The first kappa shape index (κ1) is 11.1. The number of aliphatic hydroxyl groups is 1. The van der Waals surface area contributed by atoms with E-state index in [9.17, 15) is 13.2 Å². The summed E-state index contributed by atoms with van der Waals surface area (Å²) in [5.74, 6) is 0. The van der Waals surface area contributed by atoms with Gasteiger partial charge in [-0.3, -0.25) is 0 Å². The van der Waals surface area contributed by atoms with E-state index in [0.717, 1.165) is 0 Å². The van der Waals surface area contributed by atoms with Gasteiger partial charge in [0.15, 0.2) is 5.60 Å². The predicted molar refractivity (Wildman–Crippen MR) is 39.7 cm³/mol. The third-order valence-electron chi connectivity index (χ3n) is 1.74. The average Bonchev–Trinajstić information content (AvgIpc) is 1.58. The third kappa shape index (κ3) is 2.02. The van der Waals surface area contributed by atoms with Crippen molar-refractivity contribution >= 4 is 12.6 Å². The Morgan fingerprint density at radius 1 is 1.09 bits per heavy atom. The van der Waals surface area contributed by atoms with Gasteiger partial charge in [-0.15, -0.1) is 0 Å². The summed E-state index contributed by atoms with van der Waals surface area (Å²) in [5, 5.41) is 8.99. The van der Waals surface area contributed by atoms with Crippen molar-refractivity contribution < 1.29 is 18.3 Å². The van der Waals surface area contributed by atoms with Crippen LogP contribution >= 0.6 is 12.6 Å². The van der Waals surface area contributed by atoms with E-state index in [1.807, 2.05) is 0 Å². The molecule has 0 rings (SSSR count). The molecule has 0 aliphatic rings. The summed E-state index contributed by atoms with van der Waals surface area (Å²) in [6.07, 6.45) is -4.64. The van der Waals surface area contributed by atoms with Crippen LogP contribution in [0, 0.1) is 0 Å². The Hall–Kier alpha value is 0.100. The molecule has 0 aromatic rings. The maximum atomic E-state index is 12.0. The van der Waals surface area contributed by atoms with Gasteiger partial charge < -0.3 is 5.11 Å². The normalized spacial score (nSPS) is 19.6. The molecule has 1 atom stereocenters. The van der Waals surface area contributed by atoms with Gasteiger partial charge in [0.25, 0.3) is 0 Å². The van der Waals surface area contributed by atoms with E-state index in [0.29, 0.717) is 6.92 Å². The van der Waals surface area contributed by atoms with Crippen LogP contribution in [-0.4, -0.2) is 21.6 Å². The molecule has 11 heavy (non-hydrogen) atoms. The fraction of sp³-hybridized carbons (Fsp3) is 1.00. The quantitative estimate of drug-likeness (QED) is 0.603. The highest BCUT2D eigenvalue weighted by Crippen LogP contribution is 2.41. The van der Waals surface area contributed by atoms with Crippen molar-refractivity contribution in [1.29, 1.82) is 0 Å². The predicted octanol–water partition coefficient (Wildman–Crippen LogP) is 2.01. The fourth-order valence-corrected chi connectivity index (χ4v) is 0.474. The lowest BCUT2D eigenvalue weighted by Gasteiger charge is -2.37. The molecule has 5 heteroatoms. The number of hydrogen-bond donors (Lipinski definition) is 2. The molecule has 0 heterocycles. The Kier molecular flexibility index (Phi) is 2.58. The largest absolute Gasteiger partial charge is 0.418 e. The Bertz CT molecular complexity index is 129. The summed E-state index contributed by atoms with van der Waals surface area (Å²) in [4.78, 5) is 0. The van der Waals surface area contributed by atoms with Gasteiger partial charge in [0, 0.05) is 4.75 Å².